The van der Waals surface area contributed by atoms with Crippen molar-refractivity contribution in [3.05, 3.63) is 71.3 Å². The van der Waals surface area contributed by atoms with Crippen LogP contribution in [0.5, 0.6) is 23.0 Å². The van der Waals surface area contributed by atoms with E-state index >= 15 is 0 Å². The molecule has 1 aliphatic heterocycles. The van der Waals surface area contributed by atoms with Gasteiger partial charge in [-0.05, 0) is 93.5 Å². The molecule has 1 fully saturated rings. The van der Waals surface area contributed by atoms with Crippen LogP contribution in [0.4, 0.5) is 0 Å². The van der Waals surface area contributed by atoms with Crippen molar-refractivity contribution in [3.8, 4) is 34.1 Å². The highest BCUT2D eigenvalue weighted by molar-refractivity contribution is 5.98. The van der Waals surface area contributed by atoms with Gasteiger partial charge in [0.15, 0.2) is 17.5 Å². The fourth-order valence-electron chi connectivity index (χ4n) is 9.10. The molecule has 23 heteroatoms. The molecule has 5 rings (SSSR count). The molecule has 7 amide bonds. The number of nitrogens with one attached hydrogen (secondary N) is 7. The molecule has 0 saturated carbocycles. The maximum atomic E-state index is 14.2. The summed E-state index contributed by atoms with van der Waals surface area (Å²) in [5.41, 5.74) is 14.5. The molecular weight excluding hydrogens is 985 g/mol. The molecule has 0 aromatic heterocycles. The van der Waals surface area contributed by atoms with Gasteiger partial charge < -0.3 is 72.7 Å². The van der Waals surface area contributed by atoms with E-state index in [4.69, 9.17) is 30.4 Å². The van der Waals surface area contributed by atoms with Crippen molar-refractivity contribution >= 4 is 53.3 Å². The average molecular weight is 1060 g/mol. The number of hydrogen-bond acceptors (Lipinski definition) is 14. The maximum Gasteiger partial charge on any atom is 0.308 e. The van der Waals surface area contributed by atoms with Crippen LogP contribution in [0.2, 0.25) is 0 Å². The molecule has 1 aliphatic carbocycles. The third-order valence-corrected chi connectivity index (χ3v) is 12.8. The summed E-state index contributed by atoms with van der Waals surface area (Å²) in [4.78, 5) is 112. The first kappa shape index (κ1) is 58.8. The highest BCUT2D eigenvalue weighted by Crippen LogP contribution is 2.51. The van der Waals surface area contributed by atoms with Gasteiger partial charge in [-0.1, -0.05) is 42.5 Å². The van der Waals surface area contributed by atoms with Gasteiger partial charge in [0.25, 0.3) is 0 Å². The summed E-state index contributed by atoms with van der Waals surface area (Å²) in [6.45, 7) is 1.31. The van der Waals surface area contributed by atoms with Gasteiger partial charge >= 0.3 is 5.97 Å². The number of esters is 1. The molecule has 1 saturated heterocycles. The summed E-state index contributed by atoms with van der Waals surface area (Å²) in [6, 6.07) is 10.0. The smallest absolute Gasteiger partial charge is 0.308 e. The number of guanidine groups is 1. The topological polar surface area (TPSA) is 342 Å². The molecule has 0 bridgehead atoms. The van der Waals surface area contributed by atoms with Gasteiger partial charge in [0.2, 0.25) is 47.1 Å². The predicted molar refractivity (Wildman–Crippen MR) is 280 cm³/mol. The minimum absolute atomic E-state index is 0.00587. The van der Waals surface area contributed by atoms with E-state index in [1.165, 1.54) is 14.2 Å². The molecule has 12 N–H and O–H groups in total. The highest BCUT2D eigenvalue weighted by Gasteiger charge is 2.35. The second-order valence-corrected chi connectivity index (χ2v) is 18.3. The average Bonchev–Trinajstić information content (AvgIpc) is 3.55. The summed E-state index contributed by atoms with van der Waals surface area (Å²) in [5, 5.41) is 30.1. The number of rotatable bonds is 23. The zero-order chi connectivity index (χ0) is 55.1. The Kier molecular flexibility index (Phi) is 23.0. The first-order valence-corrected chi connectivity index (χ1v) is 25.5. The number of ether oxygens (including phenoxy) is 4. The van der Waals surface area contributed by atoms with Crippen LogP contribution in [0, 0.1) is 0 Å². The van der Waals surface area contributed by atoms with Crippen molar-refractivity contribution in [3.63, 3.8) is 0 Å². The van der Waals surface area contributed by atoms with Gasteiger partial charge in [0.1, 0.15) is 29.9 Å². The van der Waals surface area contributed by atoms with E-state index < -0.39 is 78.7 Å². The van der Waals surface area contributed by atoms with Gasteiger partial charge in [0.05, 0.1) is 46.9 Å². The number of aromatic hydroxyl groups is 1. The van der Waals surface area contributed by atoms with Gasteiger partial charge in [-0.3, -0.25) is 43.3 Å². The molecule has 5 atom stereocenters. The molecule has 2 aliphatic rings. The Morgan fingerprint density at radius 1 is 0.737 bits per heavy atom. The number of nitrogens with zero attached hydrogens (tertiary/aromatic N) is 1. The fraction of sp³-hybridized carbons (Fsp3) is 0.491. The Morgan fingerprint density at radius 2 is 1.39 bits per heavy atom. The van der Waals surface area contributed by atoms with E-state index in [-0.39, 0.29) is 81.7 Å². The van der Waals surface area contributed by atoms with Crippen LogP contribution in [-0.2, 0) is 55.9 Å². The number of phenolic OH excluding ortho intramolecular Hbond substituents is 1. The summed E-state index contributed by atoms with van der Waals surface area (Å²) < 4.78 is 22.1. The van der Waals surface area contributed by atoms with Crippen molar-refractivity contribution in [1.29, 1.82) is 0 Å². The number of aryl methyl sites for hydroxylation is 1. The Balaban J connectivity index is 1.20. The number of carbonyl (C=O) groups excluding carboxylic acids is 8. The molecule has 23 nitrogen and oxygen atoms in total. The van der Waals surface area contributed by atoms with Crippen LogP contribution in [-0.4, -0.2) is 130 Å². The molecule has 3 aromatic carbocycles. The Hall–Kier alpha value is -8.11. The highest BCUT2D eigenvalue weighted by atomic mass is 16.5. The van der Waals surface area contributed by atoms with Crippen molar-refractivity contribution < 1.29 is 62.4 Å². The lowest BCUT2D eigenvalue weighted by molar-refractivity contribution is -0.146. The summed E-state index contributed by atoms with van der Waals surface area (Å²) in [5.74, 6) is -3.99. The van der Waals surface area contributed by atoms with E-state index in [2.05, 4.69) is 42.2 Å². The summed E-state index contributed by atoms with van der Waals surface area (Å²) >= 11 is 0. The standard InChI is InChI=1S/C53H72N10O13/c1-5-76-44(68)29-38-52(72)63-37(27-31-15-7-6-8-16-31)51(71)62-36(50(70)61-35(19-14-26-57-53(54)55)49(69)58-30-43(67)60-38)18-11-12-25-56-41(65)21-9-10-22-42(66)59-34-24-23-32-28-40(73-2)47(74-3)48(75-4)45(32)33-17-13-20-39(64)46(33)34/h6-8,13,15-17,20,28,34-38,64H,5,9-12,14,18-19,21-27,29-30H2,1-4H3,(H,56,65)(H,58,69)(H,59,66)(H,60,67)(H,61,70)(H,62,71)(H,63,72)(H4,54,55,57)/t34-,35-,36-,37+,38-/m0/s1. The second-order valence-electron chi connectivity index (χ2n) is 18.3. The van der Waals surface area contributed by atoms with Crippen LogP contribution >= 0.6 is 0 Å². The van der Waals surface area contributed by atoms with E-state index in [9.17, 15) is 43.5 Å². The lowest BCUT2D eigenvalue weighted by Gasteiger charge is -2.26. The lowest BCUT2D eigenvalue weighted by atomic mass is 9.93. The number of phenols is 1. The maximum absolute atomic E-state index is 14.2. The van der Waals surface area contributed by atoms with Gasteiger partial charge in [-0.25, -0.2) is 0 Å². The summed E-state index contributed by atoms with van der Waals surface area (Å²) in [7, 11) is 4.59. The van der Waals surface area contributed by atoms with E-state index in [1.807, 2.05) is 12.1 Å². The number of aliphatic imine (C=N–C) groups is 1. The monoisotopic (exact) mass is 1060 g/mol. The quantitative estimate of drug-likeness (QED) is 0.0277. The van der Waals surface area contributed by atoms with Crippen LogP contribution in [0.15, 0.2) is 59.6 Å². The molecule has 3 aromatic rings. The zero-order valence-electron chi connectivity index (χ0n) is 43.6. The van der Waals surface area contributed by atoms with Gasteiger partial charge in [0, 0.05) is 43.5 Å². The van der Waals surface area contributed by atoms with Crippen LogP contribution < -0.4 is 62.9 Å². The Bertz CT molecular complexity index is 2560. The minimum atomic E-state index is -1.49. The number of methoxy groups -OCH3 is 3. The molecule has 0 spiro atoms. The number of carbonyl (C=O) groups is 8. The zero-order valence-corrected chi connectivity index (χ0v) is 43.6. The number of benzene rings is 3. The molecule has 0 unspecified atom stereocenters. The normalized spacial score (nSPS) is 18.9. The fourth-order valence-corrected chi connectivity index (χ4v) is 9.10. The van der Waals surface area contributed by atoms with Gasteiger partial charge in [-0.2, -0.15) is 0 Å². The first-order valence-electron chi connectivity index (χ1n) is 25.5. The van der Waals surface area contributed by atoms with Crippen molar-refractivity contribution in [2.45, 2.75) is 121 Å². The van der Waals surface area contributed by atoms with Crippen LogP contribution in [0.1, 0.15) is 100 Å². The minimum Gasteiger partial charge on any atom is -0.508 e. The van der Waals surface area contributed by atoms with E-state index in [0.717, 1.165) is 11.1 Å². The Morgan fingerprint density at radius 3 is 2.08 bits per heavy atom. The number of unbranched alkanes of at least 4 members (excludes halogenated alkanes) is 2. The SMILES string of the molecule is CCOC(=O)C[C@@H]1NC(=O)CNC(=O)[C@H](CCCN=C(N)N)NC(=O)[C@H](CCCCNC(=O)CCCCC(=O)N[C@H]2CCc3cc(OC)c(OC)c(OC)c3-c3cccc(O)c32)NC(=O)[C@@H](Cc2ccccc2)NC1=O. The van der Waals surface area contributed by atoms with Crippen molar-refractivity contribution in [2.75, 3.05) is 47.6 Å². The van der Waals surface area contributed by atoms with Gasteiger partial charge in [-0.15, -0.1) is 0 Å². The third-order valence-electron chi connectivity index (χ3n) is 12.8. The molecule has 412 valence electrons. The molecule has 1 heterocycles. The first-order chi connectivity index (χ1) is 36.6. The van der Waals surface area contributed by atoms with E-state index in [0.29, 0.717) is 72.5 Å². The van der Waals surface area contributed by atoms with Crippen molar-refractivity contribution in [2.24, 2.45) is 16.5 Å². The summed E-state index contributed by atoms with van der Waals surface area (Å²) in [6.07, 6.45) is 2.54. The molecule has 0 radical (unpaired) electrons. The molecular formula is C53H72N10O13. The molecule has 76 heavy (non-hydrogen) atoms. The van der Waals surface area contributed by atoms with Crippen molar-refractivity contribution in [1.82, 2.24) is 37.2 Å². The number of hydrogen-bond donors (Lipinski definition) is 10. The number of fused-ring (bicyclic) bond motifs is 3. The number of amides is 7. The van der Waals surface area contributed by atoms with E-state index in [1.54, 1.807) is 56.5 Å². The lowest BCUT2D eigenvalue weighted by Crippen LogP contribution is -2.58. The van der Waals surface area contributed by atoms with Crippen LogP contribution in [0.25, 0.3) is 11.1 Å². The largest absolute Gasteiger partial charge is 0.508 e. The number of nitrogens with two attached hydrogens (primary N) is 2. The predicted octanol–water partition coefficient (Wildman–Crippen LogP) is 1.35. The second kappa shape index (κ2) is 29.7. The van der Waals surface area contributed by atoms with Crippen LogP contribution in [0.3, 0.4) is 0 Å². The third kappa shape index (κ3) is 17.2. The Labute approximate surface area is 441 Å².